The predicted octanol–water partition coefficient (Wildman–Crippen LogP) is 3.77. The predicted molar refractivity (Wildman–Crippen MR) is 108 cm³/mol. The van der Waals surface area contributed by atoms with Gasteiger partial charge in [0.05, 0.1) is 11.4 Å². The third-order valence-electron chi connectivity index (χ3n) is 5.29. The highest BCUT2D eigenvalue weighted by atomic mass is 15.1. The summed E-state index contributed by atoms with van der Waals surface area (Å²) in [6.07, 6.45) is 2.78. The van der Waals surface area contributed by atoms with Crippen molar-refractivity contribution in [2.24, 2.45) is 0 Å². The van der Waals surface area contributed by atoms with Crippen molar-refractivity contribution in [1.82, 2.24) is 19.9 Å². The Balaban J connectivity index is 1.52. The van der Waals surface area contributed by atoms with Gasteiger partial charge in [0, 0.05) is 48.7 Å². The lowest BCUT2D eigenvalue weighted by atomic mass is 10.0. The molecule has 0 atom stereocenters. The first-order valence-electron chi connectivity index (χ1n) is 9.25. The molecule has 0 unspecified atom stereocenters. The van der Waals surface area contributed by atoms with E-state index in [2.05, 4.69) is 74.4 Å². The number of aromatic nitrogens is 3. The van der Waals surface area contributed by atoms with Crippen LogP contribution in [0.3, 0.4) is 0 Å². The maximum atomic E-state index is 5.73. The molecule has 0 amide bonds. The number of nitrogens with one attached hydrogen (secondary N) is 1. The largest absolute Gasteiger partial charge is 0.368 e. The quantitative estimate of drug-likeness (QED) is 0.587. The van der Waals surface area contributed by atoms with Crippen molar-refractivity contribution in [1.29, 1.82) is 0 Å². The van der Waals surface area contributed by atoms with Crippen LogP contribution < -0.4 is 5.73 Å². The van der Waals surface area contributed by atoms with E-state index in [0.29, 0.717) is 5.95 Å². The van der Waals surface area contributed by atoms with E-state index in [1.165, 1.54) is 33.3 Å². The second kappa shape index (κ2) is 6.52. The molecule has 5 heteroatoms. The number of aromatic amines is 1. The van der Waals surface area contributed by atoms with E-state index in [1.807, 2.05) is 6.20 Å². The molecule has 2 aromatic heterocycles. The molecule has 0 radical (unpaired) electrons. The molecule has 1 aliphatic rings. The van der Waals surface area contributed by atoms with Crippen LogP contribution in [-0.4, -0.2) is 26.4 Å². The van der Waals surface area contributed by atoms with Crippen molar-refractivity contribution in [3.63, 3.8) is 0 Å². The highest BCUT2D eigenvalue weighted by Crippen LogP contribution is 2.32. The monoisotopic (exact) mass is 355 g/mol. The number of nitrogens with two attached hydrogens (primary N) is 1. The van der Waals surface area contributed by atoms with Crippen LogP contribution in [0.25, 0.3) is 22.2 Å². The van der Waals surface area contributed by atoms with Gasteiger partial charge in [-0.05, 0) is 17.2 Å². The van der Waals surface area contributed by atoms with E-state index < -0.39 is 0 Å². The molecular weight excluding hydrogens is 334 g/mol. The number of nitrogens with zero attached hydrogens (tertiary/aromatic N) is 3. The lowest BCUT2D eigenvalue weighted by Gasteiger charge is -2.28. The Morgan fingerprint density at radius 1 is 1.04 bits per heavy atom. The van der Waals surface area contributed by atoms with Crippen LogP contribution >= 0.6 is 0 Å². The number of anilines is 1. The number of benzene rings is 2. The fourth-order valence-corrected chi connectivity index (χ4v) is 3.96. The summed E-state index contributed by atoms with van der Waals surface area (Å²) in [6, 6.07) is 19.1. The van der Waals surface area contributed by atoms with Crippen LogP contribution in [0.5, 0.6) is 0 Å². The molecule has 0 bridgehead atoms. The molecule has 27 heavy (non-hydrogen) atoms. The van der Waals surface area contributed by atoms with Gasteiger partial charge in [0.2, 0.25) is 5.95 Å². The zero-order valence-electron chi connectivity index (χ0n) is 15.0. The van der Waals surface area contributed by atoms with Crippen LogP contribution in [-0.2, 0) is 19.5 Å². The molecular formula is C22H21N5. The third kappa shape index (κ3) is 2.96. The molecule has 1 aliphatic heterocycles. The van der Waals surface area contributed by atoms with Gasteiger partial charge in [0.15, 0.2) is 0 Å². The highest BCUT2D eigenvalue weighted by molar-refractivity contribution is 5.90. The molecule has 0 spiro atoms. The Hall–Kier alpha value is -3.18. The summed E-state index contributed by atoms with van der Waals surface area (Å²) in [5, 5.41) is 1.29. The molecule has 4 aromatic rings. The van der Waals surface area contributed by atoms with Gasteiger partial charge in [-0.2, -0.15) is 0 Å². The van der Waals surface area contributed by atoms with Crippen LogP contribution in [0.2, 0.25) is 0 Å². The Morgan fingerprint density at radius 2 is 1.85 bits per heavy atom. The van der Waals surface area contributed by atoms with Crippen LogP contribution in [0, 0.1) is 0 Å². The first-order chi connectivity index (χ1) is 13.3. The van der Waals surface area contributed by atoms with Crippen LogP contribution in [0.1, 0.15) is 16.8 Å². The SMILES string of the molecule is Nc1ncc2c(n1)CCN(Cc1c(-c3ccccc3)[nH]c3ccccc13)C2. The summed E-state index contributed by atoms with van der Waals surface area (Å²) in [4.78, 5) is 14.7. The van der Waals surface area contributed by atoms with Crippen molar-refractivity contribution in [3.05, 3.63) is 77.6 Å². The standard InChI is InChI=1S/C22H21N5/c23-22-24-12-16-13-27(11-10-19(16)26-22)14-18-17-8-4-5-9-20(17)25-21(18)15-6-2-1-3-7-15/h1-9,12,25H,10-11,13-14H2,(H2,23,24,26). The Bertz CT molecular complexity index is 1100. The number of fused-ring (bicyclic) bond motifs is 2. The fourth-order valence-electron chi connectivity index (χ4n) is 3.96. The molecule has 0 aliphatic carbocycles. The number of rotatable bonds is 3. The molecule has 3 N–H and O–H groups in total. The average Bonchev–Trinajstić information content (AvgIpc) is 3.07. The Morgan fingerprint density at radius 3 is 2.74 bits per heavy atom. The topological polar surface area (TPSA) is 70.8 Å². The minimum atomic E-state index is 0.366. The normalized spacial score (nSPS) is 14.4. The van der Waals surface area contributed by atoms with Crippen molar-refractivity contribution < 1.29 is 0 Å². The average molecular weight is 355 g/mol. The summed E-state index contributed by atoms with van der Waals surface area (Å²) < 4.78 is 0. The van der Waals surface area contributed by atoms with Gasteiger partial charge in [-0.1, -0.05) is 48.5 Å². The molecule has 0 saturated heterocycles. The van der Waals surface area contributed by atoms with Crippen LogP contribution in [0.4, 0.5) is 5.95 Å². The molecule has 2 aromatic carbocycles. The molecule has 3 heterocycles. The summed E-state index contributed by atoms with van der Waals surface area (Å²) in [6.45, 7) is 2.71. The molecule has 0 fully saturated rings. The van der Waals surface area contributed by atoms with Crippen molar-refractivity contribution in [3.8, 4) is 11.3 Å². The summed E-state index contributed by atoms with van der Waals surface area (Å²) in [7, 11) is 0. The second-order valence-corrected chi connectivity index (χ2v) is 7.05. The molecule has 5 rings (SSSR count). The van der Waals surface area contributed by atoms with Gasteiger partial charge in [-0.25, -0.2) is 9.97 Å². The number of para-hydroxylation sites is 1. The van der Waals surface area contributed by atoms with Gasteiger partial charge in [-0.3, -0.25) is 4.90 Å². The number of hydrogen-bond donors (Lipinski definition) is 2. The minimum absolute atomic E-state index is 0.366. The molecule has 5 nitrogen and oxygen atoms in total. The smallest absolute Gasteiger partial charge is 0.220 e. The Labute approximate surface area is 157 Å². The number of nitrogen functional groups attached to an aromatic ring is 1. The number of H-pyrrole nitrogens is 1. The zero-order chi connectivity index (χ0) is 18.2. The summed E-state index contributed by atoms with van der Waals surface area (Å²) in [5.41, 5.74) is 12.9. The lowest BCUT2D eigenvalue weighted by Crippen LogP contribution is -2.31. The van der Waals surface area contributed by atoms with Gasteiger partial charge in [-0.15, -0.1) is 0 Å². The summed E-state index contributed by atoms with van der Waals surface area (Å²) in [5.74, 6) is 0.366. The summed E-state index contributed by atoms with van der Waals surface area (Å²) >= 11 is 0. The lowest BCUT2D eigenvalue weighted by molar-refractivity contribution is 0.244. The first-order valence-corrected chi connectivity index (χ1v) is 9.25. The van der Waals surface area contributed by atoms with E-state index in [1.54, 1.807) is 0 Å². The van der Waals surface area contributed by atoms with Gasteiger partial charge in [0.25, 0.3) is 0 Å². The van der Waals surface area contributed by atoms with E-state index in [9.17, 15) is 0 Å². The van der Waals surface area contributed by atoms with E-state index in [0.717, 1.165) is 31.7 Å². The zero-order valence-corrected chi connectivity index (χ0v) is 15.0. The third-order valence-corrected chi connectivity index (χ3v) is 5.29. The molecule has 0 saturated carbocycles. The van der Waals surface area contributed by atoms with Crippen LogP contribution in [0.15, 0.2) is 60.8 Å². The maximum absolute atomic E-state index is 5.73. The highest BCUT2D eigenvalue weighted by Gasteiger charge is 2.21. The maximum Gasteiger partial charge on any atom is 0.220 e. The van der Waals surface area contributed by atoms with Crippen molar-refractivity contribution >= 4 is 16.9 Å². The van der Waals surface area contributed by atoms with Gasteiger partial charge < -0.3 is 10.7 Å². The minimum Gasteiger partial charge on any atom is -0.368 e. The van der Waals surface area contributed by atoms with Gasteiger partial charge in [0.1, 0.15) is 0 Å². The number of hydrogen-bond acceptors (Lipinski definition) is 4. The fraction of sp³-hybridized carbons (Fsp3) is 0.182. The van der Waals surface area contributed by atoms with Crippen molar-refractivity contribution in [2.45, 2.75) is 19.5 Å². The molecule has 134 valence electrons. The van der Waals surface area contributed by atoms with Gasteiger partial charge >= 0.3 is 0 Å². The van der Waals surface area contributed by atoms with E-state index >= 15 is 0 Å². The first kappa shape index (κ1) is 16.0. The van der Waals surface area contributed by atoms with E-state index in [4.69, 9.17) is 5.73 Å². The second-order valence-electron chi connectivity index (χ2n) is 7.05. The Kier molecular flexibility index (Phi) is 3.87. The van der Waals surface area contributed by atoms with Crippen molar-refractivity contribution in [2.75, 3.05) is 12.3 Å². The van der Waals surface area contributed by atoms with E-state index in [-0.39, 0.29) is 0 Å².